The molecule has 1 rings (SSSR count). The van der Waals surface area contributed by atoms with E-state index >= 15 is 0 Å². The van der Waals surface area contributed by atoms with E-state index in [1.165, 1.54) is 24.3 Å². The maximum atomic E-state index is 10.2. The molecule has 0 aliphatic carbocycles. The minimum atomic E-state index is -1.21. The summed E-state index contributed by atoms with van der Waals surface area (Å²) in [5, 5.41) is 10.2. The zero-order valence-electron chi connectivity index (χ0n) is 6.48. The van der Waals surface area contributed by atoms with Crippen molar-refractivity contribution < 1.29 is 44.0 Å². The Kier molecular flexibility index (Phi) is 5.61. The Morgan fingerprint density at radius 3 is 2.17 bits per heavy atom. The van der Waals surface area contributed by atoms with Gasteiger partial charge in [-0.2, -0.15) is 0 Å². The van der Waals surface area contributed by atoms with Crippen LogP contribution in [0.5, 0.6) is 0 Å². The Hall–Kier alpha value is 0. The molecule has 0 heterocycles. The van der Waals surface area contributed by atoms with Gasteiger partial charge >= 0.3 is 29.6 Å². The maximum Gasteiger partial charge on any atom is 1.00 e. The summed E-state index contributed by atoms with van der Waals surface area (Å²) in [6.45, 7) is 0. The smallest absolute Gasteiger partial charge is 0.545 e. The summed E-state index contributed by atoms with van der Waals surface area (Å²) in [4.78, 5) is 10.8. The van der Waals surface area contributed by atoms with E-state index in [2.05, 4.69) is 0 Å². The molecule has 58 valence electrons. The van der Waals surface area contributed by atoms with Crippen LogP contribution in [0.3, 0.4) is 0 Å². The maximum absolute atomic E-state index is 10.2. The minimum absolute atomic E-state index is 0. The van der Waals surface area contributed by atoms with Gasteiger partial charge in [-0.05, 0) is 17.7 Å². The molecule has 0 aliphatic heterocycles. The van der Waals surface area contributed by atoms with Crippen LogP contribution in [-0.4, -0.2) is 10.5 Å². The van der Waals surface area contributed by atoms with Gasteiger partial charge in [0.2, 0.25) is 0 Å². The van der Waals surface area contributed by atoms with Gasteiger partial charge in [-0.3, -0.25) is 0 Å². The zero-order chi connectivity index (χ0) is 8.27. The van der Waals surface area contributed by atoms with E-state index < -0.39 is 5.97 Å². The fraction of sp³-hybridized carbons (Fsp3) is 0. The van der Waals surface area contributed by atoms with Crippen molar-refractivity contribution in [3.05, 3.63) is 29.8 Å². The van der Waals surface area contributed by atoms with E-state index in [1.807, 2.05) is 0 Å². The predicted octanol–water partition coefficient (Wildman–Crippen LogP) is -2.38. The quantitative estimate of drug-likeness (QED) is 0.420. The summed E-state index contributed by atoms with van der Waals surface area (Å²) >= 11 is 0.576. The monoisotopic (exact) mass is 192 g/mol. The normalized spacial score (nSPS) is 8.75. The van der Waals surface area contributed by atoms with E-state index in [1.54, 1.807) is 0 Å². The number of carbonyl (C=O) groups excluding carboxylic acids is 1. The molecule has 1 N–H and O–H groups in total. The third kappa shape index (κ3) is 3.16. The van der Waals surface area contributed by atoms with E-state index in [4.69, 9.17) is 4.55 Å². The number of carbonyl (C=O) groups is 1. The van der Waals surface area contributed by atoms with Crippen LogP contribution in [0.4, 0.5) is 0 Å². The molecule has 0 atom stereocenters. The van der Waals surface area contributed by atoms with Gasteiger partial charge < -0.3 is 14.5 Å². The third-order valence-corrected chi connectivity index (χ3v) is 1.68. The van der Waals surface area contributed by atoms with Crippen LogP contribution >= 0.6 is 12.0 Å². The zero-order valence-corrected chi connectivity index (χ0v) is 9.30. The number of benzene rings is 1. The van der Waals surface area contributed by atoms with Gasteiger partial charge in [0.1, 0.15) is 0 Å². The number of aromatic carboxylic acids is 1. The van der Waals surface area contributed by atoms with Crippen molar-refractivity contribution in [3.8, 4) is 0 Å². The molecule has 0 saturated carbocycles. The standard InChI is InChI=1S/C7H6O3S.Na/c8-7(9)5-1-3-6(11-10)4-2-5;/h1-4,10H,(H,8,9);/q;+1/p-1. The molecule has 1 aromatic rings. The second-order valence-electron chi connectivity index (χ2n) is 1.90. The van der Waals surface area contributed by atoms with Crippen molar-refractivity contribution in [2.45, 2.75) is 4.90 Å². The van der Waals surface area contributed by atoms with Gasteiger partial charge in [-0.15, -0.1) is 0 Å². The SMILES string of the molecule is O=C([O-])c1ccc(SO)cc1.[Na+]. The van der Waals surface area contributed by atoms with Crippen molar-refractivity contribution >= 4 is 18.0 Å². The van der Waals surface area contributed by atoms with Crippen LogP contribution < -0.4 is 34.7 Å². The second-order valence-corrected chi connectivity index (χ2v) is 2.56. The summed E-state index contributed by atoms with van der Waals surface area (Å²) in [5.74, 6) is -1.21. The Balaban J connectivity index is 0.00000121. The molecule has 0 spiro atoms. The summed E-state index contributed by atoms with van der Waals surface area (Å²) in [6.07, 6.45) is 0. The molecule has 3 nitrogen and oxygen atoms in total. The van der Waals surface area contributed by atoms with E-state index in [9.17, 15) is 9.90 Å². The van der Waals surface area contributed by atoms with Crippen LogP contribution in [0.25, 0.3) is 0 Å². The number of hydrogen-bond donors (Lipinski definition) is 1. The van der Waals surface area contributed by atoms with Crippen LogP contribution in [0.2, 0.25) is 0 Å². The number of hydrogen-bond acceptors (Lipinski definition) is 4. The molecule has 0 saturated heterocycles. The Morgan fingerprint density at radius 2 is 1.83 bits per heavy atom. The largest absolute Gasteiger partial charge is 1.00 e. The molecule has 0 fully saturated rings. The molecule has 0 aliphatic rings. The van der Waals surface area contributed by atoms with Gasteiger partial charge in [0.25, 0.3) is 0 Å². The van der Waals surface area contributed by atoms with Crippen molar-refractivity contribution in [2.75, 3.05) is 0 Å². The summed E-state index contributed by atoms with van der Waals surface area (Å²) in [7, 11) is 0. The molecule has 5 heteroatoms. The molecule has 0 unspecified atom stereocenters. The summed E-state index contributed by atoms with van der Waals surface area (Å²) in [5.41, 5.74) is 0.114. The first kappa shape index (κ1) is 12.0. The second kappa shape index (κ2) is 5.61. The molecule has 0 bridgehead atoms. The average Bonchev–Trinajstić information content (AvgIpc) is 2.05. The van der Waals surface area contributed by atoms with Gasteiger partial charge in [0.05, 0.1) is 5.97 Å². The van der Waals surface area contributed by atoms with Crippen LogP contribution in [0.15, 0.2) is 29.2 Å². The molecular formula is C7H5NaO3S. The van der Waals surface area contributed by atoms with Gasteiger partial charge in [-0.1, -0.05) is 12.1 Å². The van der Waals surface area contributed by atoms with E-state index in [0.29, 0.717) is 16.9 Å². The third-order valence-electron chi connectivity index (χ3n) is 1.20. The number of carboxylic acid groups (broad SMARTS) is 1. The fourth-order valence-corrected chi connectivity index (χ4v) is 0.910. The van der Waals surface area contributed by atoms with E-state index in [-0.39, 0.29) is 35.1 Å². The Labute approximate surface area is 96.3 Å². The van der Waals surface area contributed by atoms with Crippen molar-refractivity contribution in [1.82, 2.24) is 0 Å². The van der Waals surface area contributed by atoms with Crippen molar-refractivity contribution in [1.29, 1.82) is 0 Å². The van der Waals surface area contributed by atoms with Crippen LogP contribution in [0.1, 0.15) is 10.4 Å². The topological polar surface area (TPSA) is 60.4 Å². The van der Waals surface area contributed by atoms with Crippen molar-refractivity contribution in [2.24, 2.45) is 0 Å². The number of rotatable bonds is 2. The Bertz CT molecular complexity index is 260. The molecule has 0 radical (unpaired) electrons. The van der Waals surface area contributed by atoms with Crippen molar-refractivity contribution in [3.63, 3.8) is 0 Å². The Morgan fingerprint density at radius 1 is 1.33 bits per heavy atom. The summed E-state index contributed by atoms with van der Waals surface area (Å²) < 4.78 is 8.52. The fourth-order valence-electron chi connectivity index (χ4n) is 0.652. The predicted molar refractivity (Wildman–Crippen MR) is 39.3 cm³/mol. The molecule has 12 heavy (non-hydrogen) atoms. The molecule has 0 aromatic heterocycles. The van der Waals surface area contributed by atoms with Crippen LogP contribution in [0, 0.1) is 0 Å². The minimum Gasteiger partial charge on any atom is -0.545 e. The summed E-state index contributed by atoms with van der Waals surface area (Å²) in [6, 6.07) is 5.79. The van der Waals surface area contributed by atoms with E-state index in [0.717, 1.165) is 0 Å². The van der Waals surface area contributed by atoms with Gasteiger partial charge in [0.15, 0.2) is 0 Å². The first-order valence-corrected chi connectivity index (χ1v) is 3.64. The molecule has 0 amide bonds. The molecule has 1 aromatic carbocycles. The molecular weight excluding hydrogens is 187 g/mol. The van der Waals surface area contributed by atoms with Crippen LogP contribution in [-0.2, 0) is 0 Å². The van der Waals surface area contributed by atoms with Gasteiger partial charge in [0, 0.05) is 16.9 Å². The average molecular weight is 192 g/mol. The first-order valence-electron chi connectivity index (χ1n) is 2.87. The number of carboxylic acids is 1. The van der Waals surface area contributed by atoms with Gasteiger partial charge in [-0.25, -0.2) is 0 Å². The first-order chi connectivity index (χ1) is 5.24.